The van der Waals surface area contributed by atoms with Crippen LogP contribution in [0.4, 0.5) is 0 Å². The van der Waals surface area contributed by atoms with Gasteiger partial charge in [0.1, 0.15) is 0 Å². The summed E-state index contributed by atoms with van der Waals surface area (Å²) in [6, 6.07) is 17.8. The second-order valence-electron chi connectivity index (χ2n) is 7.39. The average molecular weight is 405 g/mol. The van der Waals surface area contributed by atoms with Crippen molar-refractivity contribution in [3.63, 3.8) is 0 Å². The molecule has 0 aromatic heterocycles. The predicted octanol–water partition coefficient (Wildman–Crippen LogP) is 6.89. The van der Waals surface area contributed by atoms with E-state index >= 15 is 0 Å². The van der Waals surface area contributed by atoms with E-state index in [1.54, 1.807) is 24.7 Å². The molecule has 0 saturated heterocycles. The minimum absolute atomic E-state index is 0.656. The van der Waals surface area contributed by atoms with Crippen LogP contribution < -0.4 is 0 Å². The molecule has 25 heavy (non-hydrogen) atoms. The first kappa shape index (κ1) is 17.2. The fourth-order valence-electron chi connectivity index (χ4n) is 4.26. The Morgan fingerprint density at radius 3 is 1.92 bits per heavy atom. The van der Waals surface area contributed by atoms with Gasteiger partial charge in [0.05, 0.1) is 0 Å². The number of rotatable bonds is 7. The van der Waals surface area contributed by atoms with E-state index in [0.29, 0.717) is 11.8 Å². The van der Waals surface area contributed by atoms with Crippen LogP contribution in [0.1, 0.15) is 66.2 Å². The Balaban J connectivity index is 1.21. The molecule has 2 aromatic carbocycles. The quantitative estimate of drug-likeness (QED) is 0.471. The maximum absolute atomic E-state index is 2.41. The molecule has 0 bridgehead atoms. The number of hydrogen-bond acceptors (Lipinski definition) is 0. The maximum atomic E-state index is 2.41. The van der Waals surface area contributed by atoms with Crippen molar-refractivity contribution >= 4 is 12.2 Å². The topological polar surface area (TPSA) is 0 Å². The summed E-state index contributed by atoms with van der Waals surface area (Å²) in [5.74, 6) is 1.31. The van der Waals surface area contributed by atoms with E-state index in [2.05, 4.69) is 72.8 Å². The van der Waals surface area contributed by atoms with Gasteiger partial charge in [-0.1, -0.05) is 0 Å². The Kier molecular flexibility index (Phi) is 5.52. The van der Waals surface area contributed by atoms with Gasteiger partial charge in [0.15, 0.2) is 0 Å². The van der Waals surface area contributed by atoms with Crippen LogP contribution in [0.15, 0.2) is 60.7 Å². The first-order valence-corrected chi connectivity index (χ1v) is 11.0. The molecule has 125 valence electrons. The summed E-state index contributed by atoms with van der Waals surface area (Å²) in [5, 5.41) is 0. The molecule has 0 N–H and O–H groups in total. The van der Waals surface area contributed by atoms with Gasteiger partial charge < -0.3 is 0 Å². The average Bonchev–Trinajstić information content (AvgIpc) is 3.24. The van der Waals surface area contributed by atoms with Gasteiger partial charge >= 0.3 is 167 Å². The van der Waals surface area contributed by atoms with Crippen LogP contribution in [0.25, 0.3) is 12.2 Å². The molecule has 0 heterocycles. The van der Waals surface area contributed by atoms with E-state index in [-0.39, 0.29) is 0 Å². The van der Waals surface area contributed by atoms with E-state index in [1.165, 1.54) is 54.4 Å². The number of benzene rings is 2. The van der Waals surface area contributed by atoms with Crippen molar-refractivity contribution in [1.82, 2.24) is 0 Å². The van der Waals surface area contributed by atoms with E-state index in [4.69, 9.17) is 0 Å². The zero-order chi connectivity index (χ0) is 17.1. The van der Waals surface area contributed by atoms with E-state index in [0.717, 1.165) is 3.63 Å². The van der Waals surface area contributed by atoms with Crippen LogP contribution in [-0.4, -0.2) is 0 Å². The summed E-state index contributed by atoms with van der Waals surface area (Å²) in [7, 11) is 0. The molecule has 3 unspecified atom stereocenters. The first-order valence-electron chi connectivity index (χ1n) is 9.56. The van der Waals surface area contributed by atoms with Crippen molar-refractivity contribution in [3.05, 3.63) is 82.9 Å². The summed E-state index contributed by atoms with van der Waals surface area (Å²) in [5.41, 5.74) is 5.94. The van der Waals surface area contributed by atoms with Crippen LogP contribution in [-0.2, 0) is 24.7 Å². The third-order valence-electron chi connectivity index (χ3n) is 5.70. The Morgan fingerprint density at radius 2 is 1.28 bits per heavy atom. The fraction of sp³-hybridized carbons (Fsp3) is 0.333. The molecule has 0 nitrogen and oxygen atoms in total. The summed E-state index contributed by atoms with van der Waals surface area (Å²) in [6.45, 7) is 0. The Labute approximate surface area is 166 Å². The normalized spacial score (nSPS) is 21.2. The monoisotopic (exact) mass is 403 g/mol. The summed E-state index contributed by atoms with van der Waals surface area (Å²) >= 11 is 1.72. The van der Waals surface area contributed by atoms with Crippen LogP contribution in [0.5, 0.6) is 0 Å². The molecule has 0 amide bonds. The van der Waals surface area contributed by atoms with Gasteiger partial charge in [-0.15, -0.1) is 0 Å². The molecule has 2 aliphatic rings. The standard InChI is InChI=1S/C24H25.Zr/c1(3-9-19-15-17-21-11-5-7-13-23(19)21)2-4-10-20-16-18-22-12-6-8-14-24(20)22;/h1,5-8,11-20H,2-4,9-10H2;. The van der Waals surface area contributed by atoms with Gasteiger partial charge in [0, 0.05) is 0 Å². The second kappa shape index (κ2) is 8.00. The van der Waals surface area contributed by atoms with E-state index in [9.17, 15) is 0 Å². The molecule has 0 fully saturated rings. The van der Waals surface area contributed by atoms with Crippen LogP contribution in [0.2, 0.25) is 3.63 Å². The van der Waals surface area contributed by atoms with E-state index in [1.807, 2.05) is 0 Å². The van der Waals surface area contributed by atoms with Gasteiger partial charge in [-0.2, -0.15) is 0 Å². The zero-order valence-corrected chi connectivity index (χ0v) is 17.2. The van der Waals surface area contributed by atoms with Crippen LogP contribution >= 0.6 is 0 Å². The third-order valence-corrected chi connectivity index (χ3v) is 7.12. The van der Waals surface area contributed by atoms with Crippen molar-refractivity contribution in [2.45, 2.75) is 47.6 Å². The van der Waals surface area contributed by atoms with Gasteiger partial charge in [0.2, 0.25) is 0 Å². The number of allylic oxidation sites excluding steroid dienone is 2. The fourth-order valence-corrected chi connectivity index (χ4v) is 5.17. The second-order valence-corrected chi connectivity index (χ2v) is 9.40. The third kappa shape index (κ3) is 3.98. The van der Waals surface area contributed by atoms with Crippen molar-refractivity contribution in [2.24, 2.45) is 0 Å². The molecule has 0 aliphatic heterocycles. The predicted molar refractivity (Wildman–Crippen MR) is 103 cm³/mol. The van der Waals surface area contributed by atoms with Crippen LogP contribution in [0.3, 0.4) is 0 Å². The Bertz CT molecular complexity index is 786. The van der Waals surface area contributed by atoms with E-state index < -0.39 is 0 Å². The Morgan fingerprint density at radius 1 is 0.720 bits per heavy atom. The summed E-state index contributed by atoms with van der Waals surface area (Å²) in [6.07, 6.45) is 16.2. The molecule has 2 aromatic rings. The molecule has 0 radical (unpaired) electrons. The molecular formula is C24H25Zr. The van der Waals surface area contributed by atoms with Gasteiger partial charge in [-0.05, 0) is 0 Å². The van der Waals surface area contributed by atoms with Crippen molar-refractivity contribution in [1.29, 1.82) is 0 Å². The minimum atomic E-state index is 0.656. The van der Waals surface area contributed by atoms with Gasteiger partial charge in [-0.25, -0.2) is 0 Å². The molecule has 3 atom stereocenters. The zero-order valence-electron chi connectivity index (χ0n) is 14.7. The number of hydrogen-bond donors (Lipinski definition) is 0. The molecule has 4 rings (SSSR count). The SMILES string of the molecule is [Zr][CH](CCCC1C=Cc2ccccc21)CCC1C=Cc2ccccc21. The van der Waals surface area contributed by atoms with Crippen molar-refractivity contribution in [3.8, 4) is 0 Å². The summed E-state index contributed by atoms with van der Waals surface area (Å²) in [4.78, 5) is 0. The van der Waals surface area contributed by atoms with Crippen molar-refractivity contribution in [2.75, 3.05) is 0 Å². The van der Waals surface area contributed by atoms with Crippen molar-refractivity contribution < 1.29 is 24.7 Å². The number of fused-ring (bicyclic) bond motifs is 2. The molecule has 1 heteroatoms. The van der Waals surface area contributed by atoms with Gasteiger partial charge in [0.25, 0.3) is 0 Å². The first-order chi connectivity index (χ1) is 12.3. The molecule has 0 spiro atoms. The molecule has 0 saturated carbocycles. The van der Waals surface area contributed by atoms with Crippen LogP contribution in [0, 0.1) is 0 Å². The Hall–Kier alpha value is -1.20. The summed E-state index contributed by atoms with van der Waals surface area (Å²) < 4.78 is 0.911. The molecule has 2 aliphatic carbocycles. The van der Waals surface area contributed by atoms with Gasteiger partial charge in [-0.3, -0.25) is 0 Å². The molecular weight excluding hydrogens is 379 g/mol.